The number of nitrogens with zero attached hydrogens (tertiary/aromatic N) is 7. The molecule has 1 amide bonds. The van der Waals surface area contributed by atoms with E-state index in [2.05, 4.69) is 11.9 Å². The molecule has 0 aliphatic heterocycles. The van der Waals surface area contributed by atoms with Crippen LogP contribution in [0, 0.1) is 11.6 Å². The van der Waals surface area contributed by atoms with Gasteiger partial charge < -0.3 is 14.7 Å². The third kappa shape index (κ3) is 13.0. The molecule has 6 rings (SSSR count). The van der Waals surface area contributed by atoms with E-state index in [1.54, 1.807) is 47.0 Å². The van der Waals surface area contributed by atoms with E-state index in [0.717, 1.165) is 25.8 Å². The lowest BCUT2D eigenvalue weighted by Crippen LogP contribution is -2.40. The van der Waals surface area contributed by atoms with Crippen molar-refractivity contribution in [3.05, 3.63) is 141 Å². The third-order valence-corrected chi connectivity index (χ3v) is 10.5. The molecule has 10 nitrogen and oxygen atoms in total. The molecule has 0 fully saturated rings. The van der Waals surface area contributed by atoms with E-state index in [4.69, 9.17) is 4.98 Å². The second-order valence-electron chi connectivity index (χ2n) is 15.8. The van der Waals surface area contributed by atoms with Crippen molar-refractivity contribution in [2.24, 2.45) is 0 Å². The molecule has 0 saturated carbocycles. The number of carbonyl (C=O) groups excluding carboxylic acids is 1. The Balaban J connectivity index is 0.000000292. The van der Waals surface area contributed by atoms with Crippen LogP contribution in [0.25, 0.3) is 33.2 Å². The van der Waals surface area contributed by atoms with Crippen LogP contribution in [0.2, 0.25) is 0 Å². The van der Waals surface area contributed by atoms with Gasteiger partial charge in [0.25, 0.3) is 11.1 Å². The van der Waals surface area contributed by atoms with Crippen molar-refractivity contribution in [1.29, 1.82) is 0 Å². The average molecular weight is 836 g/mol. The van der Waals surface area contributed by atoms with E-state index in [9.17, 15) is 23.2 Å². The Kier molecular flexibility index (Phi) is 18.5. The molecule has 0 bridgehead atoms. The van der Waals surface area contributed by atoms with Crippen LogP contribution in [-0.2, 0) is 11.2 Å². The number of halogens is 2. The molecule has 2 heterocycles. The molecule has 12 heteroatoms. The maximum absolute atomic E-state index is 13.7. The summed E-state index contributed by atoms with van der Waals surface area (Å²) in [7, 11) is 7.90. The highest BCUT2D eigenvalue weighted by Gasteiger charge is 2.27. The van der Waals surface area contributed by atoms with Gasteiger partial charge in [-0.1, -0.05) is 77.1 Å². The summed E-state index contributed by atoms with van der Waals surface area (Å²) >= 11 is 0. The summed E-state index contributed by atoms with van der Waals surface area (Å²) in [6.45, 7) is 6.13. The Bertz CT molecular complexity index is 2430. The molecule has 61 heavy (non-hydrogen) atoms. The number of likely N-dealkylation sites (N-methyl/N-ethyl adjacent to an activating group) is 2. The summed E-state index contributed by atoms with van der Waals surface area (Å²) in [5, 5.41) is 1.04. The fourth-order valence-corrected chi connectivity index (χ4v) is 7.15. The zero-order valence-electron chi connectivity index (χ0n) is 35.9. The van der Waals surface area contributed by atoms with Gasteiger partial charge in [-0.3, -0.25) is 23.5 Å². The Morgan fingerprint density at radius 3 is 1.64 bits per heavy atom. The first-order chi connectivity index (χ1) is 28.9. The summed E-state index contributed by atoms with van der Waals surface area (Å²) in [5.74, 6) is 0.509. The van der Waals surface area contributed by atoms with Gasteiger partial charge in [0.2, 0.25) is 5.91 Å². The SMILES string of the molecule is C.CCCCCCCCCC(=O)N(CCN(C)C)C(C)c1nc2ccccc2c(=O)n1-c1ccc(F)cc1.CN(C)CCc1nc2ccccc2c(=O)n1-c1ccc(F)cc1. The molecule has 1 atom stereocenters. The maximum atomic E-state index is 13.7. The first-order valence-corrected chi connectivity index (χ1v) is 21.0. The van der Waals surface area contributed by atoms with Crippen LogP contribution in [0.15, 0.2) is 107 Å². The number of carbonyl (C=O) groups is 1. The summed E-state index contributed by atoms with van der Waals surface area (Å²) in [4.78, 5) is 55.5. The first-order valence-electron chi connectivity index (χ1n) is 21.0. The largest absolute Gasteiger partial charge is 0.331 e. The van der Waals surface area contributed by atoms with Crippen molar-refractivity contribution in [2.75, 3.05) is 47.8 Å². The van der Waals surface area contributed by atoms with Crippen LogP contribution >= 0.6 is 0 Å². The first kappa shape index (κ1) is 48.1. The molecule has 1 unspecified atom stereocenters. The van der Waals surface area contributed by atoms with Gasteiger partial charge in [-0.2, -0.15) is 0 Å². The van der Waals surface area contributed by atoms with Gasteiger partial charge in [-0.05, 0) is 114 Å². The van der Waals surface area contributed by atoms with Crippen molar-refractivity contribution in [3.8, 4) is 11.4 Å². The zero-order chi connectivity index (χ0) is 43.2. The van der Waals surface area contributed by atoms with Crippen LogP contribution < -0.4 is 11.1 Å². The predicted octanol–water partition coefficient (Wildman–Crippen LogP) is 9.38. The number of rotatable bonds is 18. The van der Waals surface area contributed by atoms with Gasteiger partial charge in [-0.15, -0.1) is 0 Å². The van der Waals surface area contributed by atoms with Crippen molar-refractivity contribution in [2.45, 2.75) is 85.1 Å². The minimum atomic E-state index is -0.445. The highest BCUT2D eigenvalue weighted by Crippen LogP contribution is 2.25. The van der Waals surface area contributed by atoms with E-state index in [0.29, 0.717) is 70.8 Å². The minimum absolute atomic E-state index is 0. The summed E-state index contributed by atoms with van der Waals surface area (Å²) < 4.78 is 30.0. The lowest BCUT2D eigenvalue weighted by Gasteiger charge is -2.31. The normalized spacial score (nSPS) is 11.7. The number of aromatic nitrogens is 4. The molecule has 0 N–H and O–H groups in total. The van der Waals surface area contributed by atoms with Crippen molar-refractivity contribution in [3.63, 3.8) is 0 Å². The zero-order valence-corrected chi connectivity index (χ0v) is 35.9. The predicted molar refractivity (Wildman–Crippen MR) is 245 cm³/mol. The smallest absolute Gasteiger partial charge is 0.266 e. The fraction of sp³-hybridized carbons (Fsp3) is 0.408. The van der Waals surface area contributed by atoms with Gasteiger partial charge in [0.05, 0.1) is 39.2 Å². The Labute approximate surface area is 359 Å². The van der Waals surface area contributed by atoms with Crippen molar-refractivity contribution < 1.29 is 13.6 Å². The topological polar surface area (TPSA) is 96.6 Å². The molecule has 2 aromatic heterocycles. The summed E-state index contributed by atoms with van der Waals surface area (Å²) in [5.41, 5.74) is 2.06. The lowest BCUT2D eigenvalue weighted by molar-refractivity contribution is -0.133. The number of hydrogen-bond donors (Lipinski definition) is 0. The molecule has 4 aromatic carbocycles. The quantitative estimate of drug-likeness (QED) is 0.0797. The molecule has 0 saturated heterocycles. The highest BCUT2D eigenvalue weighted by atomic mass is 19.1. The van der Waals surface area contributed by atoms with Crippen LogP contribution in [0.4, 0.5) is 8.78 Å². The molecule has 0 aliphatic rings. The van der Waals surface area contributed by atoms with E-state index in [1.807, 2.05) is 80.1 Å². The van der Waals surface area contributed by atoms with Crippen LogP contribution in [-0.4, -0.2) is 87.5 Å². The lowest BCUT2D eigenvalue weighted by atomic mass is 10.1. The number of amides is 1. The van der Waals surface area contributed by atoms with Gasteiger partial charge in [0.1, 0.15) is 23.3 Å². The number of para-hydroxylation sites is 2. The molecular formula is C49H63F2N7O3. The number of fused-ring (bicyclic) bond motifs is 2. The Hall–Kier alpha value is -5.59. The van der Waals surface area contributed by atoms with E-state index >= 15 is 0 Å². The van der Waals surface area contributed by atoms with Gasteiger partial charge in [0, 0.05) is 32.5 Å². The van der Waals surface area contributed by atoms with Crippen LogP contribution in [0.1, 0.15) is 90.3 Å². The third-order valence-electron chi connectivity index (χ3n) is 10.5. The van der Waals surface area contributed by atoms with Crippen molar-refractivity contribution in [1.82, 2.24) is 33.8 Å². The molecule has 0 radical (unpaired) electrons. The minimum Gasteiger partial charge on any atom is -0.331 e. The van der Waals surface area contributed by atoms with Crippen LogP contribution in [0.3, 0.4) is 0 Å². The molecule has 326 valence electrons. The van der Waals surface area contributed by atoms with Gasteiger partial charge in [-0.25, -0.2) is 18.7 Å². The fourth-order valence-electron chi connectivity index (χ4n) is 7.15. The van der Waals surface area contributed by atoms with Crippen LogP contribution in [0.5, 0.6) is 0 Å². The van der Waals surface area contributed by atoms with E-state index in [1.165, 1.54) is 54.5 Å². The standard InChI is InChI=1S/C30H41FN4O2.C18H18FN3O.CH4/c1-5-6-7-8-9-10-11-16-28(36)34(22-21-33(3)4)23(2)29-32-27-15-13-12-14-26(27)30(37)35(29)25-19-17-24(31)18-20-25;1-21(2)12-11-17-20-16-6-4-3-5-15(16)18(23)22(17)14-9-7-13(19)8-10-14;/h12-15,17-20,23H,5-11,16,21-22H2,1-4H3;3-10H,11-12H2,1-2H3;1H4. The Morgan fingerprint density at radius 1 is 0.623 bits per heavy atom. The molecule has 6 aromatic rings. The molecule has 0 aliphatic carbocycles. The molecular weight excluding hydrogens is 773 g/mol. The second kappa shape index (κ2) is 23.4. The number of benzene rings is 4. The highest BCUT2D eigenvalue weighted by molar-refractivity contribution is 5.79. The van der Waals surface area contributed by atoms with E-state index < -0.39 is 6.04 Å². The monoisotopic (exact) mass is 835 g/mol. The van der Waals surface area contributed by atoms with Gasteiger partial charge >= 0.3 is 0 Å². The maximum Gasteiger partial charge on any atom is 0.266 e. The molecule has 0 spiro atoms. The average Bonchev–Trinajstić information content (AvgIpc) is 3.23. The Morgan fingerprint density at radius 2 is 1.10 bits per heavy atom. The van der Waals surface area contributed by atoms with Crippen molar-refractivity contribution >= 4 is 27.7 Å². The summed E-state index contributed by atoms with van der Waals surface area (Å²) in [6, 6.07) is 25.8. The van der Waals surface area contributed by atoms with E-state index in [-0.39, 0.29) is 36.1 Å². The van der Waals surface area contributed by atoms with Gasteiger partial charge in [0.15, 0.2) is 0 Å². The summed E-state index contributed by atoms with van der Waals surface area (Å²) in [6.07, 6.45) is 9.11. The number of hydrogen-bond acceptors (Lipinski definition) is 7. The second-order valence-corrected chi connectivity index (χ2v) is 15.8. The number of unbranched alkanes of at least 4 members (excludes halogenated alkanes) is 6.